The second-order valence-electron chi connectivity index (χ2n) is 7.47. The van der Waals surface area contributed by atoms with Crippen LogP contribution in [0.4, 0.5) is 0 Å². The zero-order valence-electron chi connectivity index (χ0n) is 14.4. The highest BCUT2D eigenvalue weighted by Crippen LogP contribution is 2.37. The van der Waals surface area contributed by atoms with E-state index in [0.717, 1.165) is 45.6 Å². The van der Waals surface area contributed by atoms with Crippen LogP contribution in [0.5, 0.6) is 0 Å². The molecule has 2 aliphatic heterocycles. The van der Waals surface area contributed by atoms with Crippen LogP contribution in [0.15, 0.2) is 11.4 Å². The molecule has 0 radical (unpaired) electrons. The highest BCUT2D eigenvalue weighted by molar-refractivity contribution is 7.10. The molecule has 23 heavy (non-hydrogen) atoms. The minimum atomic E-state index is 0.0618. The van der Waals surface area contributed by atoms with Gasteiger partial charge in [-0.05, 0) is 42.7 Å². The predicted molar refractivity (Wildman–Crippen MR) is 93.6 cm³/mol. The monoisotopic (exact) mass is 336 g/mol. The summed E-state index contributed by atoms with van der Waals surface area (Å²) >= 11 is 1.85. The van der Waals surface area contributed by atoms with Crippen molar-refractivity contribution in [1.82, 2.24) is 10.2 Å². The molecule has 3 rings (SSSR count). The Morgan fingerprint density at radius 1 is 1.52 bits per heavy atom. The average molecular weight is 337 g/mol. The number of hydrogen-bond acceptors (Lipinski definition) is 4. The molecule has 3 heterocycles. The van der Waals surface area contributed by atoms with E-state index in [4.69, 9.17) is 4.74 Å². The SMILES string of the molecule is Cc1ccsc1CN1CC2(CCC(CNC(=O)C(C)C)CO2)C1. The number of amides is 1. The van der Waals surface area contributed by atoms with Gasteiger partial charge < -0.3 is 10.1 Å². The number of nitrogens with one attached hydrogen (secondary N) is 1. The van der Waals surface area contributed by atoms with Gasteiger partial charge in [-0.25, -0.2) is 0 Å². The molecule has 4 nitrogen and oxygen atoms in total. The minimum absolute atomic E-state index is 0.0618. The van der Waals surface area contributed by atoms with Crippen LogP contribution in [0.3, 0.4) is 0 Å². The molecule has 0 saturated carbocycles. The topological polar surface area (TPSA) is 41.6 Å². The molecule has 2 saturated heterocycles. The Balaban J connectivity index is 1.39. The Hall–Kier alpha value is -0.910. The van der Waals surface area contributed by atoms with Gasteiger partial charge in [0.1, 0.15) is 0 Å². The van der Waals surface area contributed by atoms with Crippen molar-refractivity contribution in [2.24, 2.45) is 11.8 Å². The van der Waals surface area contributed by atoms with Crippen molar-refractivity contribution in [3.8, 4) is 0 Å². The maximum Gasteiger partial charge on any atom is 0.222 e. The second kappa shape index (κ2) is 6.91. The molecule has 1 aromatic heterocycles. The molecule has 128 valence electrons. The summed E-state index contributed by atoms with van der Waals surface area (Å²) in [6, 6.07) is 2.20. The van der Waals surface area contributed by atoms with Gasteiger partial charge in [-0.15, -0.1) is 11.3 Å². The van der Waals surface area contributed by atoms with Crippen LogP contribution < -0.4 is 5.32 Å². The molecule has 1 spiro atoms. The first-order valence-corrected chi connectivity index (χ1v) is 9.52. The third-order valence-electron chi connectivity index (χ3n) is 5.08. The average Bonchev–Trinajstić information content (AvgIpc) is 2.89. The van der Waals surface area contributed by atoms with Crippen LogP contribution in [0.25, 0.3) is 0 Å². The van der Waals surface area contributed by atoms with Crippen molar-refractivity contribution in [2.45, 2.75) is 45.8 Å². The first kappa shape index (κ1) is 16.9. The van der Waals surface area contributed by atoms with Crippen molar-refractivity contribution in [1.29, 1.82) is 0 Å². The highest BCUT2D eigenvalue weighted by Gasteiger charge is 2.46. The number of ether oxygens (including phenoxy) is 1. The van der Waals surface area contributed by atoms with E-state index in [2.05, 4.69) is 28.6 Å². The summed E-state index contributed by atoms with van der Waals surface area (Å²) < 4.78 is 6.20. The van der Waals surface area contributed by atoms with Crippen LogP contribution in [0, 0.1) is 18.8 Å². The molecule has 2 fully saturated rings. The summed E-state index contributed by atoms with van der Waals surface area (Å²) in [7, 11) is 0. The second-order valence-corrected chi connectivity index (χ2v) is 8.47. The Morgan fingerprint density at radius 3 is 2.87 bits per heavy atom. The minimum Gasteiger partial charge on any atom is -0.372 e. The number of thiophene rings is 1. The van der Waals surface area contributed by atoms with Crippen molar-refractivity contribution in [3.63, 3.8) is 0 Å². The Morgan fingerprint density at radius 2 is 2.30 bits per heavy atom. The van der Waals surface area contributed by atoms with Crippen molar-refractivity contribution in [3.05, 3.63) is 21.9 Å². The maximum absolute atomic E-state index is 11.6. The standard InChI is InChI=1S/C18H28N2O2S/c1-13(2)17(21)19-8-15-4-6-18(22-10-15)11-20(12-18)9-16-14(3)5-7-23-16/h5,7,13,15H,4,6,8-12H2,1-3H3,(H,19,21). The summed E-state index contributed by atoms with van der Waals surface area (Å²) in [6.45, 7) is 10.7. The van der Waals surface area contributed by atoms with E-state index < -0.39 is 0 Å². The number of aryl methyl sites for hydroxylation is 1. The molecule has 2 aliphatic rings. The Labute approximate surface area is 143 Å². The predicted octanol–water partition coefficient (Wildman–Crippen LogP) is 2.81. The summed E-state index contributed by atoms with van der Waals surface area (Å²) in [5.74, 6) is 0.676. The van der Waals surface area contributed by atoms with Gasteiger partial charge >= 0.3 is 0 Å². The highest BCUT2D eigenvalue weighted by atomic mass is 32.1. The molecule has 1 amide bonds. The third kappa shape index (κ3) is 3.95. The summed E-state index contributed by atoms with van der Waals surface area (Å²) in [6.07, 6.45) is 2.28. The number of likely N-dealkylation sites (tertiary alicyclic amines) is 1. The zero-order valence-corrected chi connectivity index (χ0v) is 15.2. The van der Waals surface area contributed by atoms with Gasteiger partial charge in [0.2, 0.25) is 5.91 Å². The molecule has 1 N–H and O–H groups in total. The van der Waals surface area contributed by atoms with Crippen molar-refractivity contribution >= 4 is 17.2 Å². The molecule has 5 heteroatoms. The van der Waals surface area contributed by atoms with Gasteiger partial charge in [-0.1, -0.05) is 13.8 Å². The lowest BCUT2D eigenvalue weighted by molar-refractivity contribution is -0.181. The van der Waals surface area contributed by atoms with E-state index in [-0.39, 0.29) is 17.4 Å². The first-order valence-electron chi connectivity index (χ1n) is 8.64. The van der Waals surface area contributed by atoms with Crippen molar-refractivity contribution in [2.75, 3.05) is 26.2 Å². The number of carbonyl (C=O) groups is 1. The lowest BCUT2D eigenvalue weighted by atomic mass is 9.83. The maximum atomic E-state index is 11.6. The van der Waals surface area contributed by atoms with Gasteiger partial charge in [-0.3, -0.25) is 9.69 Å². The van der Waals surface area contributed by atoms with Crippen LogP contribution >= 0.6 is 11.3 Å². The molecular weight excluding hydrogens is 308 g/mol. The quantitative estimate of drug-likeness (QED) is 0.899. The van der Waals surface area contributed by atoms with E-state index in [9.17, 15) is 4.79 Å². The van der Waals surface area contributed by atoms with Gasteiger partial charge in [0.25, 0.3) is 0 Å². The van der Waals surface area contributed by atoms with E-state index in [0.29, 0.717) is 5.92 Å². The first-order chi connectivity index (χ1) is 11.0. The summed E-state index contributed by atoms with van der Waals surface area (Å²) in [5, 5.41) is 5.21. The molecule has 1 aromatic rings. The largest absolute Gasteiger partial charge is 0.372 e. The van der Waals surface area contributed by atoms with Gasteiger partial charge in [-0.2, -0.15) is 0 Å². The number of nitrogens with zero attached hydrogens (tertiary/aromatic N) is 1. The molecule has 0 aromatic carbocycles. The lowest BCUT2D eigenvalue weighted by Gasteiger charge is -2.53. The summed E-state index contributed by atoms with van der Waals surface area (Å²) in [4.78, 5) is 15.6. The normalized spacial score (nSPS) is 23.9. The van der Waals surface area contributed by atoms with E-state index >= 15 is 0 Å². The Kier molecular flexibility index (Phi) is 5.09. The molecular formula is C18H28N2O2S. The molecule has 0 bridgehead atoms. The molecule has 0 aliphatic carbocycles. The van der Waals surface area contributed by atoms with Crippen LogP contribution in [0.1, 0.15) is 37.1 Å². The third-order valence-corrected chi connectivity index (χ3v) is 6.09. The molecule has 1 atom stereocenters. The van der Waals surface area contributed by atoms with Gasteiger partial charge in [0, 0.05) is 37.0 Å². The number of hydrogen-bond donors (Lipinski definition) is 1. The van der Waals surface area contributed by atoms with Crippen LogP contribution in [0.2, 0.25) is 0 Å². The number of carbonyl (C=O) groups excluding carboxylic acids is 1. The fourth-order valence-electron chi connectivity index (χ4n) is 3.43. The van der Waals surface area contributed by atoms with Crippen LogP contribution in [-0.4, -0.2) is 42.6 Å². The molecule has 1 unspecified atom stereocenters. The van der Waals surface area contributed by atoms with Gasteiger partial charge in [0.15, 0.2) is 0 Å². The number of rotatable bonds is 5. The van der Waals surface area contributed by atoms with Crippen molar-refractivity contribution < 1.29 is 9.53 Å². The zero-order chi connectivity index (χ0) is 16.4. The van der Waals surface area contributed by atoms with Gasteiger partial charge in [0.05, 0.1) is 12.2 Å². The van der Waals surface area contributed by atoms with E-state index in [1.54, 1.807) is 0 Å². The van der Waals surface area contributed by atoms with E-state index in [1.807, 2.05) is 25.2 Å². The lowest BCUT2D eigenvalue weighted by Crippen LogP contribution is -2.64. The fourth-order valence-corrected chi connectivity index (χ4v) is 4.37. The van der Waals surface area contributed by atoms with E-state index in [1.165, 1.54) is 10.4 Å². The fraction of sp³-hybridized carbons (Fsp3) is 0.722. The smallest absolute Gasteiger partial charge is 0.222 e. The van der Waals surface area contributed by atoms with Crippen LogP contribution in [-0.2, 0) is 16.1 Å². The summed E-state index contributed by atoms with van der Waals surface area (Å²) in [5.41, 5.74) is 1.49. The Bertz CT molecular complexity index is 539.